The number of amides is 6. The highest BCUT2D eigenvalue weighted by atomic mass is 16.5. The maximum Gasteiger partial charge on any atom is 0.248 e. The molecule has 0 aromatic heterocycles. The van der Waals surface area contributed by atoms with E-state index in [0.29, 0.717) is 52.1 Å². The Morgan fingerprint density at radius 2 is 0.969 bits per heavy atom. The molecule has 0 aliphatic carbocycles. The third-order valence-electron chi connectivity index (χ3n) is 12.7. The molecule has 2 aromatic rings. The Labute approximate surface area is 380 Å². The summed E-state index contributed by atoms with van der Waals surface area (Å²) in [7, 11) is 3.33. The lowest BCUT2D eigenvalue weighted by Gasteiger charge is -2.35. The molecule has 2 heterocycles. The van der Waals surface area contributed by atoms with E-state index in [1.807, 2.05) is 60.7 Å². The van der Waals surface area contributed by atoms with Gasteiger partial charge in [-0.1, -0.05) is 60.7 Å². The predicted octanol–water partition coefficient (Wildman–Crippen LogP) is 2.15. The fourth-order valence-electron chi connectivity index (χ4n) is 8.31. The smallest absolute Gasteiger partial charge is 0.248 e. The molecule has 8 atom stereocenters. The Morgan fingerprint density at radius 3 is 1.30 bits per heavy atom. The van der Waals surface area contributed by atoms with Gasteiger partial charge in [-0.05, 0) is 91.4 Å². The zero-order chi connectivity index (χ0) is 46.8. The number of nitrogens with zero attached hydrogens (tertiary/aromatic N) is 4. The van der Waals surface area contributed by atoms with Crippen LogP contribution in [0, 0.1) is 0 Å². The summed E-state index contributed by atoms with van der Waals surface area (Å²) in [6.45, 7) is 12.8. The van der Waals surface area contributed by atoms with Crippen LogP contribution < -0.4 is 21.3 Å². The molecule has 6 amide bonds. The lowest BCUT2D eigenvalue weighted by atomic mass is 10.1. The molecule has 2 aromatic carbocycles. The molecule has 4 N–H and O–H groups in total. The van der Waals surface area contributed by atoms with E-state index in [-0.39, 0.29) is 60.7 Å². The first kappa shape index (κ1) is 51.7. The molecule has 0 unspecified atom stereocenters. The summed E-state index contributed by atoms with van der Waals surface area (Å²) in [5, 5.41) is 11.7. The lowest BCUT2D eigenvalue weighted by Crippen LogP contribution is -2.59. The number of benzene rings is 2. The number of rotatable bonds is 25. The largest absolute Gasteiger partial charge is 0.373 e. The molecule has 354 valence electrons. The van der Waals surface area contributed by atoms with Crippen molar-refractivity contribution in [2.75, 3.05) is 66.6 Å². The molecule has 4 rings (SSSR count). The Morgan fingerprint density at radius 1 is 0.609 bits per heavy atom. The number of carbonyl (C=O) groups is 6. The standard InChI is InChI=1S/C48H74N8O8/c1-33(49-7)45(59)51-43(47(61)55-25-15-21-41(55)31-53(37(5)57)27-23-39-17-11-9-12-18-39)35(3)63-29-30-64-36(4)44(52-46(60)34(2)50-8)48(62)56-26-16-22-42(56)32-54(38(6)58)28-24-40-19-13-10-14-20-40/h9-14,17-20,33-36,41-44,49-50H,15-16,21-32H2,1-8H3,(H,51,59)(H,52,60)/t33-,34-,35+,36+,41-,42-,43-,44-/m0/s1. The van der Waals surface area contributed by atoms with Crippen LogP contribution in [0.15, 0.2) is 60.7 Å². The fraction of sp³-hybridized carbons (Fsp3) is 0.625. The van der Waals surface area contributed by atoms with Gasteiger partial charge in [0.05, 0.1) is 37.5 Å². The SMILES string of the molecule is CN[C@@H](C)C(=O)N[C@H](C(=O)N1CCC[C@H]1CN(CCc1ccccc1)C(C)=O)[C@@H](C)OCCO[C@H](C)[C@H](NC(=O)[C@H](C)NC)C(=O)N1CCC[C@H]1CN(CCc1ccccc1)C(C)=O. The van der Waals surface area contributed by atoms with E-state index >= 15 is 0 Å². The van der Waals surface area contributed by atoms with Crippen LogP contribution in [0.5, 0.6) is 0 Å². The normalized spacial score (nSPS) is 18.9. The van der Waals surface area contributed by atoms with E-state index < -0.39 is 36.4 Å². The third-order valence-corrected chi connectivity index (χ3v) is 12.7. The second kappa shape index (κ2) is 26.2. The monoisotopic (exact) mass is 891 g/mol. The van der Waals surface area contributed by atoms with Crippen molar-refractivity contribution in [3.8, 4) is 0 Å². The summed E-state index contributed by atoms with van der Waals surface area (Å²) in [5.74, 6) is -1.43. The highest BCUT2D eigenvalue weighted by Crippen LogP contribution is 2.23. The average Bonchev–Trinajstić information content (AvgIpc) is 3.97. The van der Waals surface area contributed by atoms with Gasteiger partial charge in [-0.25, -0.2) is 0 Å². The Balaban J connectivity index is 1.41. The van der Waals surface area contributed by atoms with Crippen LogP contribution in [0.3, 0.4) is 0 Å². The molecule has 2 aliphatic heterocycles. The Bertz CT molecular complexity index is 1670. The quantitative estimate of drug-likeness (QED) is 0.108. The van der Waals surface area contributed by atoms with Crippen molar-refractivity contribution >= 4 is 35.4 Å². The summed E-state index contributed by atoms with van der Waals surface area (Å²) in [4.78, 5) is 87.9. The molecular formula is C48H74N8O8. The van der Waals surface area contributed by atoms with Gasteiger partial charge in [0.25, 0.3) is 0 Å². The molecule has 0 radical (unpaired) electrons. The zero-order valence-corrected chi connectivity index (χ0v) is 39.3. The lowest BCUT2D eigenvalue weighted by molar-refractivity contribution is -0.145. The van der Waals surface area contributed by atoms with Crippen molar-refractivity contribution in [3.05, 3.63) is 71.8 Å². The maximum atomic E-state index is 14.4. The molecule has 64 heavy (non-hydrogen) atoms. The number of hydrogen-bond donors (Lipinski definition) is 4. The third kappa shape index (κ3) is 15.4. The first-order valence-corrected chi connectivity index (χ1v) is 23.0. The molecule has 0 saturated carbocycles. The Hall–Kier alpha value is -4.90. The number of ether oxygens (including phenoxy) is 2. The molecule has 16 nitrogen and oxygen atoms in total. The molecule has 2 fully saturated rings. The van der Waals surface area contributed by atoms with Crippen LogP contribution in [0.2, 0.25) is 0 Å². The number of nitrogens with one attached hydrogen (secondary N) is 4. The molecule has 2 aliphatic rings. The van der Waals surface area contributed by atoms with Gasteiger partial charge in [0.1, 0.15) is 12.1 Å². The summed E-state index contributed by atoms with van der Waals surface area (Å²) in [6, 6.07) is 16.3. The van der Waals surface area contributed by atoms with Gasteiger partial charge in [-0.15, -0.1) is 0 Å². The molecule has 16 heteroatoms. The maximum absolute atomic E-state index is 14.4. The van der Waals surface area contributed by atoms with Crippen LogP contribution in [0.4, 0.5) is 0 Å². The minimum Gasteiger partial charge on any atom is -0.373 e. The van der Waals surface area contributed by atoms with E-state index in [2.05, 4.69) is 21.3 Å². The van der Waals surface area contributed by atoms with Crippen molar-refractivity contribution in [2.45, 2.75) is 129 Å². The highest BCUT2D eigenvalue weighted by molar-refractivity contribution is 5.91. The summed E-state index contributed by atoms with van der Waals surface area (Å²) in [5.41, 5.74) is 2.25. The van der Waals surface area contributed by atoms with Gasteiger partial charge in [0.2, 0.25) is 35.4 Å². The van der Waals surface area contributed by atoms with Crippen LogP contribution in [-0.2, 0) is 51.1 Å². The average molecular weight is 891 g/mol. The van der Waals surface area contributed by atoms with Gasteiger partial charge >= 0.3 is 0 Å². The van der Waals surface area contributed by atoms with Gasteiger partial charge < -0.3 is 50.3 Å². The van der Waals surface area contributed by atoms with Crippen LogP contribution in [-0.4, -0.2) is 170 Å². The number of carbonyl (C=O) groups excluding carboxylic acids is 6. The molecule has 2 saturated heterocycles. The van der Waals surface area contributed by atoms with Gasteiger partial charge in [0, 0.05) is 65.2 Å². The Kier molecular flexibility index (Phi) is 21.1. The summed E-state index contributed by atoms with van der Waals surface area (Å²) < 4.78 is 12.4. The van der Waals surface area contributed by atoms with Crippen LogP contribution >= 0.6 is 0 Å². The molecule has 0 bridgehead atoms. The van der Waals surface area contributed by atoms with E-state index in [1.54, 1.807) is 75.2 Å². The number of likely N-dealkylation sites (N-methyl/N-ethyl adjacent to an activating group) is 2. The first-order chi connectivity index (χ1) is 30.6. The van der Waals surface area contributed by atoms with E-state index in [9.17, 15) is 28.8 Å². The van der Waals surface area contributed by atoms with Crippen molar-refractivity contribution in [1.29, 1.82) is 0 Å². The van der Waals surface area contributed by atoms with E-state index in [4.69, 9.17) is 9.47 Å². The number of hydrogen-bond acceptors (Lipinski definition) is 10. The van der Waals surface area contributed by atoms with Gasteiger partial charge in [0.15, 0.2) is 0 Å². The van der Waals surface area contributed by atoms with Crippen molar-refractivity contribution in [1.82, 2.24) is 40.9 Å². The summed E-state index contributed by atoms with van der Waals surface area (Å²) in [6.07, 6.45) is 2.82. The second-order valence-corrected chi connectivity index (χ2v) is 17.2. The van der Waals surface area contributed by atoms with Gasteiger partial charge in [-0.3, -0.25) is 28.8 Å². The topological polar surface area (TPSA) is 182 Å². The van der Waals surface area contributed by atoms with Crippen LogP contribution in [0.25, 0.3) is 0 Å². The number of likely N-dealkylation sites (tertiary alicyclic amines) is 2. The minimum atomic E-state index is -1.03. The van der Waals surface area contributed by atoms with Crippen LogP contribution in [0.1, 0.15) is 78.4 Å². The minimum absolute atomic E-state index is 0.0247. The van der Waals surface area contributed by atoms with Crippen molar-refractivity contribution in [2.24, 2.45) is 0 Å². The molecular weight excluding hydrogens is 817 g/mol. The van der Waals surface area contributed by atoms with E-state index in [1.165, 1.54) is 0 Å². The predicted molar refractivity (Wildman–Crippen MR) is 246 cm³/mol. The fourth-order valence-corrected chi connectivity index (χ4v) is 8.31. The van der Waals surface area contributed by atoms with Crippen molar-refractivity contribution in [3.63, 3.8) is 0 Å². The zero-order valence-electron chi connectivity index (χ0n) is 39.3. The summed E-state index contributed by atoms with van der Waals surface area (Å²) >= 11 is 0. The first-order valence-electron chi connectivity index (χ1n) is 23.0. The second-order valence-electron chi connectivity index (χ2n) is 17.2. The van der Waals surface area contributed by atoms with E-state index in [0.717, 1.165) is 36.8 Å². The van der Waals surface area contributed by atoms with Crippen molar-refractivity contribution < 1.29 is 38.2 Å². The molecule has 0 spiro atoms. The highest BCUT2D eigenvalue weighted by Gasteiger charge is 2.40. The van der Waals surface area contributed by atoms with Gasteiger partial charge in [-0.2, -0.15) is 0 Å².